The fraction of sp³-hybridized carbons (Fsp3) is 0.364. The van der Waals surface area contributed by atoms with E-state index in [0.29, 0.717) is 12.2 Å². The van der Waals surface area contributed by atoms with E-state index in [1.165, 1.54) is 0 Å². The Kier molecular flexibility index (Phi) is 3.65. The highest BCUT2D eigenvalue weighted by Gasteiger charge is 2.03. The van der Waals surface area contributed by atoms with Gasteiger partial charge in [-0.1, -0.05) is 12.1 Å². The predicted molar refractivity (Wildman–Crippen MR) is 53.3 cm³/mol. The number of benzene rings is 1. The number of rotatable bonds is 4. The number of carboxylic acid groups (broad SMARTS) is 1. The van der Waals surface area contributed by atoms with Crippen LogP contribution < -0.4 is 0 Å². The van der Waals surface area contributed by atoms with Gasteiger partial charge in [-0.15, -0.1) is 0 Å². The molecule has 0 bridgehead atoms. The van der Waals surface area contributed by atoms with Gasteiger partial charge in [0.25, 0.3) is 0 Å². The molecule has 1 N–H and O–H groups in total. The van der Waals surface area contributed by atoms with Gasteiger partial charge >= 0.3 is 5.97 Å². The first-order valence-electron chi connectivity index (χ1n) is 4.53. The van der Waals surface area contributed by atoms with Crippen molar-refractivity contribution in [3.63, 3.8) is 0 Å². The van der Waals surface area contributed by atoms with Gasteiger partial charge in [-0.3, -0.25) is 0 Å². The van der Waals surface area contributed by atoms with Gasteiger partial charge in [-0.25, -0.2) is 4.79 Å². The third-order valence-corrected chi connectivity index (χ3v) is 1.76. The Bertz CT molecular complexity index is 318. The Balaban J connectivity index is 2.69. The van der Waals surface area contributed by atoms with Crippen LogP contribution in [0.4, 0.5) is 0 Å². The lowest BCUT2D eigenvalue weighted by Crippen LogP contribution is -2.03. The van der Waals surface area contributed by atoms with Gasteiger partial charge in [-0.05, 0) is 31.5 Å². The standard InChI is InChI=1S/C11H14O3/c1-8(2)14-7-9-4-3-5-10(6-9)11(12)13/h3-6,8H,7H2,1-2H3,(H,12,13). The van der Waals surface area contributed by atoms with E-state index in [1.807, 2.05) is 19.9 Å². The van der Waals surface area contributed by atoms with Crippen LogP contribution >= 0.6 is 0 Å². The molecule has 0 amide bonds. The van der Waals surface area contributed by atoms with Crippen molar-refractivity contribution < 1.29 is 14.6 Å². The van der Waals surface area contributed by atoms with Gasteiger partial charge in [0.2, 0.25) is 0 Å². The monoisotopic (exact) mass is 194 g/mol. The molecule has 0 aliphatic carbocycles. The molecule has 0 saturated carbocycles. The summed E-state index contributed by atoms with van der Waals surface area (Å²) in [6.07, 6.45) is 0.156. The molecule has 0 radical (unpaired) electrons. The molecule has 3 nitrogen and oxygen atoms in total. The van der Waals surface area contributed by atoms with E-state index in [9.17, 15) is 4.79 Å². The van der Waals surface area contributed by atoms with E-state index in [4.69, 9.17) is 9.84 Å². The van der Waals surface area contributed by atoms with Crippen molar-refractivity contribution in [1.29, 1.82) is 0 Å². The molecule has 0 aliphatic rings. The molecule has 1 aromatic rings. The smallest absolute Gasteiger partial charge is 0.335 e. The molecule has 0 fully saturated rings. The molecular formula is C11H14O3. The molecule has 1 aromatic carbocycles. The second-order valence-corrected chi connectivity index (χ2v) is 3.37. The van der Waals surface area contributed by atoms with Crippen molar-refractivity contribution in [2.45, 2.75) is 26.6 Å². The van der Waals surface area contributed by atoms with Gasteiger partial charge < -0.3 is 9.84 Å². The SMILES string of the molecule is CC(C)OCc1cccc(C(=O)O)c1. The molecule has 0 atom stereocenters. The highest BCUT2D eigenvalue weighted by Crippen LogP contribution is 2.07. The molecule has 0 aromatic heterocycles. The Morgan fingerprint density at radius 3 is 2.79 bits per heavy atom. The first kappa shape index (κ1) is 10.7. The first-order valence-corrected chi connectivity index (χ1v) is 4.53. The summed E-state index contributed by atoms with van der Waals surface area (Å²) in [4.78, 5) is 10.7. The minimum Gasteiger partial charge on any atom is -0.478 e. The lowest BCUT2D eigenvalue weighted by molar-refractivity contribution is 0.0653. The minimum absolute atomic E-state index is 0.156. The highest BCUT2D eigenvalue weighted by molar-refractivity contribution is 5.87. The quantitative estimate of drug-likeness (QED) is 0.800. The van der Waals surface area contributed by atoms with Crippen LogP contribution in [0.2, 0.25) is 0 Å². The zero-order chi connectivity index (χ0) is 10.6. The van der Waals surface area contributed by atoms with Gasteiger partial charge in [0.15, 0.2) is 0 Å². The summed E-state index contributed by atoms with van der Waals surface area (Å²) in [6, 6.07) is 6.78. The van der Waals surface area contributed by atoms with E-state index in [-0.39, 0.29) is 6.10 Å². The summed E-state index contributed by atoms with van der Waals surface area (Å²) in [7, 11) is 0. The van der Waals surface area contributed by atoms with Crippen LogP contribution in [-0.2, 0) is 11.3 Å². The Morgan fingerprint density at radius 2 is 2.21 bits per heavy atom. The molecule has 14 heavy (non-hydrogen) atoms. The summed E-state index contributed by atoms with van der Waals surface area (Å²) >= 11 is 0. The maximum absolute atomic E-state index is 10.7. The maximum atomic E-state index is 10.7. The van der Waals surface area contributed by atoms with Crippen molar-refractivity contribution >= 4 is 5.97 Å². The van der Waals surface area contributed by atoms with Crippen molar-refractivity contribution in [2.75, 3.05) is 0 Å². The lowest BCUT2D eigenvalue weighted by atomic mass is 10.1. The fourth-order valence-corrected chi connectivity index (χ4v) is 1.06. The molecule has 0 heterocycles. The van der Waals surface area contributed by atoms with Gasteiger partial charge in [-0.2, -0.15) is 0 Å². The number of aromatic carboxylic acids is 1. The number of hydrogen-bond acceptors (Lipinski definition) is 2. The summed E-state index contributed by atoms with van der Waals surface area (Å²) < 4.78 is 5.37. The van der Waals surface area contributed by atoms with E-state index in [0.717, 1.165) is 5.56 Å². The van der Waals surface area contributed by atoms with Crippen LogP contribution in [0.5, 0.6) is 0 Å². The van der Waals surface area contributed by atoms with Crippen LogP contribution in [0, 0.1) is 0 Å². The zero-order valence-corrected chi connectivity index (χ0v) is 8.36. The Morgan fingerprint density at radius 1 is 1.50 bits per heavy atom. The predicted octanol–water partition coefficient (Wildman–Crippen LogP) is 2.31. The van der Waals surface area contributed by atoms with Crippen LogP contribution in [-0.4, -0.2) is 17.2 Å². The zero-order valence-electron chi connectivity index (χ0n) is 8.36. The first-order chi connectivity index (χ1) is 6.59. The molecule has 0 unspecified atom stereocenters. The average Bonchev–Trinajstić information content (AvgIpc) is 2.15. The van der Waals surface area contributed by atoms with E-state index in [2.05, 4.69) is 0 Å². The average molecular weight is 194 g/mol. The van der Waals surface area contributed by atoms with Gasteiger partial charge in [0.05, 0.1) is 18.3 Å². The molecule has 3 heteroatoms. The summed E-state index contributed by atoms with van der Waals surface area (Å²) in [5.74, 6) is -0.906. The number of ether oxygens (including phenoxy) is 1. The van der Waals surface area contributed by atoms with Crippen molar-refractivity contribution in [3.05, 3.63) is 35.4 Å². The molecular weight excluding hydrogens is 180 g/mol. The number of carbonyl (C=O) groups is 1. The number of carboxylic acids is 1. The van der Waals surface area contributed by atoms with Crippen LogP contribution in [0.15, 0.2) is 24.3 Å². The van der Waals surface area contributed by atoms with Crippen molar-refractivity contribution in [3.8, 4) is 0 Å². The molecule has 0 aliphatic heterocycles. The van der Waals surface area contributed by atoms with Crippen molar-refractivity contribution in [2.24, 2.45) is 0 Å². The second-order valence-electron chi connectivity index (χ2n) is 3.37. The van der Waals surface area contributed by atoms with Gasteiger partial charge in [0, 0.05) is 0 Å². The van der Waals surface area contributed by atoms with Crippen molar-refractivity contribution in [1.82, 2.24) is 0 Å². The lowest BCUT2D eigenvalue weighted by Gasteiger charge is -2.07. The maximum Gasteiger partial charge on any atom is 0.335 e. The molecule has 0 saturated heterocycles. The molecule has 1 rings (SSSR count). The summed E-state index contributed by atoms with van der Waals surface area (Å²) in [5.41, 5.74) is 1.19. The summed E-state index contributed by atoms with van der Waals surface area (Å²) in [6.45, 7) is 4.35. The second kappa shape index (κ2) is 4.77. The fourth-order valence-electron chi connectivity index (χ4n) is 1.06. The van der Waals surface area contributed by atoms with E-state index >= 15 is 0 Å². The normalized spacial score (nSPS) is 10.5. The van der Waals surface area contributed by atoms with Crippen LogP contribution in [0.1, 0.15) is 29.8 Å². The third-order valence-electron chi connectivity index (χ3n) is 1.76. The summed E-state index contributed by atoms with van der Waals surface area (Å²) in [5, 5.41) is 8.75. The Hall–Kier alpha value is -1.35. The largest absolute Gasteiger partial charge is 0.478 e. The Labute approximate surface area is 83.3 Å². The molecule has 76 valence electrons. The van der Waals surface area contributed by atoms with Gasteiger partial charge in [0.1, 0.15) is 0 Å². The third kappa shape index (κ3) is 3.18. The number of hydrogen-bond donors (Lipinski definition) is 1. The molecule has 0 spiro atoms. The van der Waals surface area contributed by atoms with E-state index < -0.39 is 5.97 Å². The van der Waals surface area contributed by atoms with E-state index in [1.54, 1.807) is 18.2 Å². The highest BCUT2D eigenvalue weighted by atomic mass is 16.5. The van der Waals surface area contributed by atoms with Crippen LogP contribution in [0.3, 0.4) is 0 Å². The minimum atomic E-state index is -0.906. The van der Waals surface area contributed by atoms with Crippen LogP contribution in [0.25, 0.3) is 0 Å². The topological polar surface area (TPSA) is 46.5 Å².